The van der Waals surface area contributed by atoms with Crippen LogP contribution in [0, 0.1) is 6.92 Å². The summed E-state index contributed by atoms with van der Waals surface area (Å²) in [4.78, 5) is 13.5. The number of aryl methyl sites for hydroxylation is 1. The van der Waals surface area contributed by atoms with Crippen LogP contribution in [0.1, 0.15) is 5.56 Å². The molecule has 2 aromatic carbocycles. The Kier molecular flexibility index (Phi) is 6.06. The first-order valence-corrected chi connectivity index (χ1v) is 8.96. The molecule has 0 aromatic heterocycles. The number of hydrogen-bond donors (Lipinski definition) is 2. The Morgan fingerprint density at radius 1 is 1.12 bits per heavy atom. The van der Waals surface area contributed by atoms with Crippen molar-refractivity contribution in [2.75, 3.05) is 6.61 Å². The summed E-state index contributed by atoms with van der Waals surface area (Å²) in [5.74, 6) is -0.150. The molecule has 128 valence electrons. The second kappa shape index (κ2) is 7.85. The number of carbonyl (C=O) groups is 1. The second-order valence-electron chi connectivity index (χ2n) is 4.86. The van der Waals surface area contributed by atoms with E-state index in [-0.39, 0.29) is 21.5 Å². The van der Waals surface area contributed by atoms with Crippen molar-refractivity contribution in [3.63, 3.8) is 0 Å². The maximum absolute atomic E-state index is 12.1. The van der Waals surface area contributed by atoms with Crippen LogP contribution >= 0.6 is 23.2 Å². The number of nitrogens with one attached hydrogen (secondary N) is 2. The molecule has 0 radical (unpaired) electrons. The van der Waals surface area contributed by atoms with Crippen molar-refractivity contribution in [1.29, 1.82) is 0 Å². The number of benzene rings is 2. The van der Waals surface area contributed by atoms with Gasteiger partial charge in [-0.15, -0.1) is 4.83 Å². The van der Waals surface area contributed by atoms with Gasteiger partial charge in [-0.1, -0.05) is 35.3 Å². The molecule has 0 bridgehead atoms. The van der Waals surface area contributed by atoms with Gasteiger partial charge in [0.05, 0.1) is 4.90 Å². The molecule has 0 aliphatic rings. The number of hydrogen-bond acceptors (Lipinski definition) is 4. The van der Waals surface area contributed by atoms with Gasteiger partial charge >= 0.3 is 0 Å². The van der Waals surface area contributed by atoms with E-state index in [0.717, 1.165) is 5.56 Å². The lowest BCUT2D eigenvalue weighted by molar-refractivity contribution is -0.123. The van der Waals surface area contributed by atoms with Crippen molar-refractivity contribution in [1.82, 2.24) is 10.3 Å². The predicted molar refractivity (Wildman–Crippen MR) is 91.6 cm³/mol. The maximum atomic E-state index is 12.1. The summed E-state index contributed by atoms with van der Waals surface area (Å²) >= 11 is 11.5. The third kappa shape index (κ3) is 5.38. The molecular formula is C15H14Cl2N2O4S. The van der Waals surface area contributed by atoms with Gasteiger partial charge in [-0.25, -0.2) is 8.42 Å². The zero-order chi connectivity index (χ0) is 17.7. The zero-order valence-electron chi connectivity index (χ0n) is 12.5. The van der Waals surface area contributed by atoms with Crippen LogP contribution in [0.2, 0.25) is 10.0 Å². The van der Waals surface area contributed by atoms with Crippen molar-refractivity contribution in [2.24, 2.45) is 0 Å². The van der Waals surface area contributed by atoms with Gasteiger partial charge in [0.15, 0.2) is 6.61 Å². The fourth-order valence-corrected chi connectivity index (χ4v) is 3.34. The second-order valence-corrected chi connectivity index (χ2v) is 7.42. The SMILES string of the molecule is Cc1cccc(OCC(=O)NNS(=O)(=O)c2cc(Cl)cc(Cl)c2)c1. The third-order valence-corrected chi connectivity index (χ3v) is 4.49. The van der Waals surface area contributed by atoms with Crippen molar-refractivity contribution in [2.45, 2.75) is 11.8 Å². The van der Waals surface area contributed by atoms with E-state index in [4.69, 9.17) is 27.9 Å². The summed E-state index contributed by atoms with van der Waals surface area (Å²) in [7, 11) is -4.00. The molecule has 0 saturated heterocycles. The normalized spacial score (nSPS) is 11.1. The van der Waals surface area contributed by atoms with Crippen molar-refractivity contribution in [3.05, 3.63) is 58.1 Å². The molecule has 9 heteroatoms. The third-order valence-electron chi connectivity index (χ3n) is 2.83. The molecule has 0 heterocycles. The quantitative estimate of drug-likeness (QED) is 0.744. The van der Waals surface area contributed by atoms with Crippen molar-refractivity contribution >= 4 is 39.1 Å². The van der Waals surface area contributed by atoms with E-state index < -0.39 is 15.9 Å². The minimum Gasteiger partial charge on any atom is -0.484 e. The first-order chi connectivity index (χ1) is 11.3. The zero-order valence-corrected chi connectivity index (χ0v) is 14.9. The largest absolute Gasteiger partial charge is 0.484 e. The van der Waals surface area contributed by atoms with E-state index in [0.29, 0.717) is 5.75 Å². The number of rotatable bonds is 6. The van der Waals surface area contributed by atoms with Crippen LogP contribution in [0.4, 0.5) is 0 Å². The van der Waals surface area contributed by atoms with Gasteiger partial charge in [0.2, 0.25) is 0 Å². The Labute approximate surface area is 149 Å². The maximum Gasteiger partial charge on any atom is 0.272 e. The molecule has 0 aliphatic heterocycles. The molecule has 1 amide bonds. The van der Waals surface area contributed by atoms with E-state index in [1.807, 2.05) is 17.8 Å². The van der Waals surface area contributed by atoms with Gasteiger partial charge in [0, 0.05) is 10.0 Å². The molecule has 6 nitrogen and oxygen atoms in total. The summed E-state index contributed by atoms with van der Waals surface area (Å²) in [6.45, 7) is 1.54. The lowest BCUT2D eigenvalue weighted by Crippen LogP contribution is -2.43. The fraction of sp³-hybridized carbons (Fsp3) is 0.133. The number of carbonyl (C=O) groups excluding carboxylic acids is 1. The highest BCUT2D eigenvalue weighted by Gasteiger charge is 2.16. The molecule has 0 fully saturated rings. The lowest BCUT2D eigenvalue weighted by atomic mass is 10.2. The Balaban J connectivity index is 1.93. The van der Waals surface area contributed by atoms with Crippen molar-refractivity contribution < 1.29 is 17.9 Å². The minimum absolute atomic E-state index is 0.164. The Morgan fingerprint density at radius 3 is 2.42 bits per heavy atom. The molecule has 2 N–H and O–H groups in total. The Hall–Kier alpha value is -1.80. The van der Waals surface area contributed by atoms with E-state index in [1.54, 1.807) is 18.2 Å². The van der Waals surface area contributed by atoms with Crippen LogP contribution in [0.5, 0.6) is 5.75 Å². The van der Waals surface area contributed by atoms with Crippen LogP contribution in [-0.2, 0) is 14.8 Å². The molecule has 0 atom stereocenters. The first-order valence-electron chi connectivity index (χ1n) is 6.72. The molecule has 2 aromatic rings. The molecular weight excluding hydrogens is 375 g/mol. The monoisotopic (exact) mass is 388 g/mol. The molecule has 0 spiro atoms. The molecule has 0 aliphatic carbocycles. The summed E-state index contributed by atoms with van der Waals surface area (Å²) in [6, 6.07) is 10.9. The molecule has 24 heavy (non-hydrogen) atoms. The summed E-state index contributed by atoms with van der Waals surface area (Å²) in [5, 5.41) is 0.328. The topological polar surface area (TPSA) is 84.5 Å². The first kappa shape index (κ1) is 18.5. The van der Waals surface area contributed by atoms with Crippen LogP contribution in [0.3, 0.4) is 0 Å². The van der Waals surface area contributed by atoms with Crippen LogP contribution < -0.4 is 15.0 Å². The van der Waals surface area contributed by atoms with Gasteiger partial charge in [0.25, 0.3) is 15.9 Å². The van der Waals surface area contributed by atoms with Crippen LogP contribution in [0.25, 0.3) is 0 Å². The van der Waals surface area contributed by atoms with Crippen LogP contribution in [0.15, 0.2) is 47.4 Å². The van der Waals surface area contributed by atoms with Gasteiger partial charge in [-0.2, -0.15) is 0 Å². The average molecular weight is 389 g/mol. The van der Waals surface area contributed by atoms with Crippen LogP contribution in [-0.4, -0.2) is 20.9 Å². The Morgan fingerprint density at radius 2 is 1.79 bits per heavy atom. The summed E-state index contributed by atoms with van der Waals surface area (Å²) in [6.07, 6.45) is 0. The molecule has 0 saturated carbocycles. The van der Waals surface area contributed by atoms with Gasteiger partial charge in [0.1, 0.15) is 5.75 Å². The minimum atomic E-state index is -4.00. The molecule has 0 unspecified atom stereocenters. The number of ether oxygens (including phenoxy) is 1. The number of hydrazine groups is 1. The number of halogens is 2. The highest BCUT2D eigenvalue weighted by Crippen LogP contribution is 2.21. The van der Waals surface area contributed by atoms with Gasteiger partial charge < -0.3 is 4.74 Å². The smallest absolute Gasteiger partial charge is 0.272 e. The fourth-order valence-electron chi connectivity index (χ4n) is 1.76. The highest BCUT2D eigenvalue weighted by atomic mass is 35.5. The standard InChI is InChI=1S/C15H14Cl2N2O4S/c1-10-3-2-4-13(5-10)23-9-15(20)18-19-24(21,22)14-7-11(16)6-12(17)8-14/h2-8,19H,9H2,1H3,(H,18,20). The van der Waals surface area contributed by atoms with E-state index in [9.17, 15) is 13.2 Å². The average Bonchev–Trinajstić information content (AvgIpc) is 2.50. The number of sulfonamides is 1. The van der Waals surface area contributed by atoms with E-state index in [2.05, 4.69) is 5.43 Å². The highest BCUT2D eigenvalue weighted by molar-refractivity contribution is 7.89. The van der Waals surface area contributed by atoms with E-state index in [1.165, 1.54) is 18.2 Å². The van der Waals surface area contributed by atoms with Gasteiger partial charge in [-0.3, -0.25) is 10.2 Å². The Bertz CT molecular complexity index is 836. The lowest BCUT2D eigenvalue weighted by Gasteiger charge is -2.10. The summed E-state index contributed by atoms with van der Waals surface area (Å²) in [5.41, 5.74) is 3.04. The summed E-state index contributed by atoms with van der Waals surface area (Å²) < 4.78 is 29.4. The molecule has 2 rings (SSSR count). The van der Waals surface area contributed by atoms with Gasteiger partial charge in [-0.05, 0) is 42.8 Å². The van der Waals surface area contributed by atoms with Crippen molar-refractivity contribution in [3.8, 4) is 5.75 Å². The van der Waals surface area contributed by atoms with E-state index >= 15 is 0 Å². The number of amides is 1. The predicted octanol–water partition coefficient (Wildman–Crippen LogP) is 2.69.